The van der Waals surface area contributed by atoms with Crippen molar-refractivity contribution in [3.05, 3.63) is 65.2 Å². The zero-order valence-corrected chi connectivity index (χ0v) is 17.0. The first-order chi connectivity index (χ1) is 12.9. The molecule has 0 spiro atoms. The summed E-state index contributed by atoms with van der Waals surface area (Å²) in [7, 11) is 0. The maximum atomic E-state index is 11.9. The van der Waals surface area contributed by atoms with Crippen LogP contribution in [0.5, 0.6) is 0 Å². The van der Waals surface area contributed by atoms with Gasteiger partial charge in [0, 0.05) is 10.9 Å². The molecule has 4 nitrogen and oxygen atoms in total. The molecule has 1 atom stereocenters. The normalized spacial score (nSPS) is 11.7. The van der Waals surface area contributed by atoms with Crippen LogP contribution in [0.15, 0.2) is 53.4 Å². The van der Waals surface area contributed by atoms with Crippen molar-refractivity contribution in [3.63, 3.8) is 0 Å². The maximum absolute atomic E-state index is 11.9. The second-order valence-electron chi connectivity index (χ2n) is 6.71. The Morgan fingerprint density at radius 3 is 2.56 bits per heavy atom. The van der Waals surface area contributed by atoms with E-state index >= 15 is 0 Å². The Balaban J connectivity index is 1.64. The van der Waals surface area contributed by atoms with Crippen molar-refractivity contribution < 1.29 is 14.3 Å². The van der Waals surface area contributed by atoms with Gasteiger partial charge in [-0.1, -0.05) is 48.0 Å². The molecule has 2 aromatic rings. The number of carbonyl (C=O) groups excluding carboxylic acids is 2. The minimum atomic E-state index is -0.382. The molecular formula is C22H27NO3S. The Hall–Kier alpha value is -2.27. The molecule has 2 rings (SSSR count). The van der Waals surface area contributed by atoms with Crippen molar-refractivity contribution in [2.24, 2.45) is 0 Å². The maximum Gasteiger partial charge on any atom is 0.316 e. The molecule has 0 radical (unpaired) electrons. The number of amides is 1. The summed E-state index contributed by atoms with van der Waals surface area (Å²) in [5.74, 6) is -0.451. The van der Waals surface area contributed by atoms with Gasteiger partial charge in [-0.05, 0) is 50.8 Å². The fourth-order valence-electron chi connectivity index (χ4n) is 2.70. The van der Waals surface area contributed by atoms with E-state index in [0.29, 0.717) is 0 Å². The number of hydrogen-bond donors (Lipinski definition) is 1. The molecule has 0 fully saturated rings. The molecule has 0 bridgehead atoms. The minimum Gasteiger partial charge on any atom is -0.455 e. The summed E-state index contributed by atoms with van der Waals surface area (Å²) < 4.78 is 5.08. The summed E-state index contributed by atoms with van der Waals surface area (Å²) in [6.45, 7) is 5.78. The van der Waals surface area contributed by atoms with Crippen molar-refractivity contribution in [1.29, 1.82) is 0 Å². The second-order valence-corrected chi connectivity index (χ2v) is 7.73. The molecule has 5 heteroatoms. The molecule has 2 aromatic carbocycles. The topological polar surface area (TPSA) is 55.4 Å². The van der Waals surface area contributed by atoms with E-state index in [1.54, 1.807) is 0 Å². The van der Waals surface area contributed by atoms with Crippen LogP contribution in [0.4, 0.5) is 0 Å². The predicted molar refractivity (Wildman–Crippen MR) is 110 cm³/mol. The molecule has 144 valence electrons. The summed E-state index contributed by atoms with van der Waals surface area (Å²) >= 11 is 1.43. The Morgan fingerprint density at radius 1 is 1.11 bits per heavy atom. The number of carbonyl (C=O) groups is 2. The van der Waals surface area contributed by atoms with E-state index in [1.807, 2.05) is 51.1 Å². The molecule has 0 aromatic heterocycles. The molecule has 27 heavy (non-hydrogen) atoms. The fraction of sp³-hybridized carbons (Fsp3) is 0.364. The van der Waals surface area contributed by atoms with Gasteiger partial charge in [0.15, 0.2) is 6.61 Å². The van der Waals surface area contributed by atoms with Crippen molar-refractivity contribution in [3.8, 4) is 0 Å². The Kier molecular flexibility index (Phi) is 8.40. The Bertz CT molecular complexity index is 761. The first kappa shape index (κ1) is 21.0. The highest BCUT2D eigenvalue weighted by atomic mass is 32.2. The van der Waals surface area contributed by atoms with Crippen LogP contribution in [-0.4, -0.2) is 30.3 Å². The van der Waals surface area contributed by atoms with Gasteiger partial charge in [0.05, 0.1) is 5.75 Å². The monoisotopic (exact) mass is 385 g/mol. The highest BCUT2D eigenvalue weighted by Crippen LogP contribution is 2.23. The van der Waals surface area contributed by atoms with Gasteiger partial charge in [-0.3, -0.25) is 9.59 Å². The highest BCUT2D eigenvalue weighted by molar-refractivity contribution is 8.00. The number of ether oxygens (including phenoxy) is 1. The lowest BCUT2D eigenvalue weighted by Gasteiger charge is -2.14. The molecule has 1 amide bonds. The third-order valence-electron chi connectivity index (χ3n) is 4.16. The number of rotatable bonds is 9. The number of nitrogens with one attached hydrogen (secondary N) is 1. The largest absolute Gasteiger partial charge is 0.455 e. The van der Waals surface area contributed by atoms with Gasteiger partial charge >= 0.3 is 5.97 Å². The van der Waals surface area contributed by atoms with Crippen molar-refractivity contribution in [2.45, 2.75) is 44.6 Å². The van der Waals surface area contributed by atoms with Gasteiger partial charge in [0.2, 0.25) is 0 Å². The third-order valence-corrected chi connectivity index (χ3v) is 5.31. The average molecular weight is 386 g/mol. The molecule has 0 unspecified atom stereocenters. The van der Waals surface area contributed by atoms with Gasteiger partial charge < -0.3 is 10.1 Å². The van der Waals surface area contributed by atoms with Crippen LogP contribution >= 0.6 is 11.8 Å². The molecule has 0 aliphatic carbocycles. The average Bonchev–Trinajstić information content (AvgIpc) is 2.65. The molecule has 0 heterocycles. The van der Waals surface area contributed by atoms with Crippen LogP contribution in [-0.2, 0) is 20.7 Å². The van der Waals surface area contributed by atoms with E-state index in [-0.39, 0.29) is 30.3 Å². The number of hydrogen-bond acceptors (Lipinski definition) is 4. The number of benzene rings is 2. The van der Waals surface area contributed by atoms with Crippen LogP contribution in [0.2, 0.25) is 0 Å². The lowest BCUT2D eigenvalue weighted by Crippen LogP contribution is -2.36. The van der Waals surface area contributed by atoms with E-state index in [9.17, 15) is 9.59 Å². The quantitative estimate of drug-likeness (QED) is 0.522. The second kappa shape index (κ2) is 10.8. The molecule has 0 aliphatic heterocycles. The smallest absolute Gasteiger partial charge is 0.316 e. The third kappa shape index (κ3) is 7.87. The van der Waals surface area contributed by atoms with Crippen LogP contribution in [0.3, 0.4) is 0 Å². The number of esters is 1. The van der Waals surface area contributed by atoms with Gasteiger partial charge in [-0.25, -0.2) is 0 Å². The van der Waals surface area contributed by atoms with Gasteiger partial charge in [0.25, 0.3) is 5.91 Å². The summed E-state index contributed by atoms with van der Waals surface area (Å²) in [4.78, 5) is 24.9. The van der Waals surface area contributed by atoms with E-state index in [0.717, 1.165) is 23.3 Å². The molecule has 0 saturated carbocycles. The lowest BCUT2D eigenvalue weighted by atomic mass is 10.1. The van der Waals surface area contributed by atoms with Crippen LogP contribution in [0.1, 0.15) is 30.0 Å². The van der Waals surface area contributed by atoms with Gasteiger partial charge in [-0.2, -0.15) is 0 Å². The predicted octanol–water partition coefficient (Wildman–Crippen LogP) is 4.08. The van der Waals surface area contributed by atoms with E-state index in [2.05, 4.69) is 23.5 Å². The Labute approximate surface area is 165 Å². The van der Waals surface area contributed by atoms with Crippen LogP contribution in [0, 0.1) is 13.8 Å². The van der Waals surface area contributed by atoms with Crippen molar-refractivity contribution >= 4 is 23.6 Å². The lowest BCUT2D eigenvalue weighted by molar-refractivity contribution is -0.146. The summed E-state index contributed by atoms with van der Waals surface area (Å²) in [5, 5.41) is 2.87. The zero-order valence-electron chi connectivity index (χ0n) is 16.2. The summed E-state index contributed by atoms with van der Waals surface area (Å²) in [6, 6.07) is 16.3. The molecular weight excluding hydrogens is 358 g/mol. The molecule has 0 aliphatic rings. The van der Waals surface area contributed by atoms with E-state index in [1.165, 1.54) is 22.9 Å². The zero-order chi connectivity index (χ0) is 19.6. The van der Waals surface area contributed by atoms with Gasteiger partial charge in [0.1, 0.15) is 0 Å². The first-order valence-corrected chi connectivity index (χ1v) is 10.1. The number of aryl methyl sites for hydroxylation is 3. The first-order valence-electron chi connectivity index (χ1n) is 9.13. The Morgan fingerprint density at radius 2 is 1.85 bits per heavy atom. The van der Waals surface area contributed by atoms with Gasteiger partial charge in [-0.15, -0.1) is 11.8 Å². The highest BCUT2D eigenvalue weighted by Gasteiger charge is 2.11. The fourth-order valence-corrected chi connectivity index (χ4v) is 3.51. The standard InChI is InChI=1S/C22H27NO3S/c1-16-9-12-20(17(2)13-16)27-15-22(25)26-14-21(24)23-18(3)10-11-19-7-5-4-6-8-19/h4-9,12-13,18H,10-11,14-15H2,1-3H3,(H,23,24)/t18-/m0/s1. The van der Waals surface area contributed by atoms with Crippen molar-refractivity contribution in [2.75, 3.05) is 12.4 Å². The SMILES string of the molecule is Cc1ccc(SCC(=O)OCC(=O)N[C@@H](C)CCc2ccccc2)c(C)c1. The molecule has 0 saturated heterocycles. The van der Waals surface area contributed by atoms with Crippen LogP contribution in [0.25, 0.3) is 0 Å². The van der Waals surface area contributed by atoms with Crippen LogP contribution < -0.4 is 5.32 Å². The van der Waals surface area contributed by atoms with E-state index < -0.39 is 0 Å². The summed E-state index contributed by atoms with van der Waals surface area (Å²) in [5.41, 5.74) is 3.57. The van der Waals surface area contributed by atoms with E-state index in [4.69, 9.17) is 4.74 Å². The van der Waals surface area contributed by atoms with Crippen molar-refractivity contribution in [1.82, 2.24) is 5.32 Å². The number of thioether (sulfide) groups is 1. The summed E-state index contributed by atoms with van der Waals surface area (Å²) in [6.07, 6.45) is 1.74. The minimum absolute atomic E-state index is 0.0287. The molecule has 1 N–H and O–H groups in total.